The monoisotopic (exact) mass is 367 g/mol. The minimum Gasteiger partial charge on any atom is -0.370 e. The van der Waals surface area contributed by atoms with E-state index in [0.717, 1.165) is 6.42 Å². The fourth-order valence-electron chi connectivity index (χ4n) is 2.39. The minimum atomic E-state index is -4.57. The summed E-state index contributed by atoms with van der Waals surface area (Å²) in [7, 11) is -4.57. The van der Waals surface area contributed by atoms with Crippen LogP contribution in [-0.4, -0.2) is 32.1 Å². The average molecular weight is 368 g/mol. The number of alkyl halides is 3. The second-order valence-electron chi connectivity index (χ2n) is 5.00. The molecule has 7 heteroatoms. The molecular weight excluding hydrogens is 352 g/mol. The molecule has 2 atom stereocenters. The lowest BCUT2D eigenvalue weighted by Crippen LogP contribution is -2.40. The highest BCUT2D eigenvalue weighted by Gasteiger charge is 2.32. The number of piperidine rings is 1. The van der Waals surface area contributed by atoms with Crippen molar-refractivity contribution in [2.45, 2.75) is 28.8 Å². The summed E-state index contributed by atoms with van der Waals surface area (Å²) in [5.74, 6) is -3.07. The van der Waals surface area contributed by atoms with Crippen LogP contribution < -0.4 is 4.90 Å². The molecule has 0 amide bonds. The van der Waals surface area contributed by atoms with Crippen LogP contribution in [0.25, 0.3) is 0 Å². The van der Waals surface area contributed by atoms with Gasteiger partial charge in [0.1, 0.15) is 0 Å². The molecule has 1 aliphatic rings. The molecule has 1 fully saturated rings. The van der Waals surface area contributed by atoms with Gasteiger partial charge < -0.3 is 4.90 Å². The van der Waals surface area contributed by atoms with E-state index >= 15 is 0 Å². The summed E-state index contributed by atoms with van der Waals surface area (Å²) in [6.07, 6.45) is 0.851. The van der Waals surface area contributed by atoms with E-state index in [1.165, 1.54) is 12.1 Å². The van der Waals surface area contributed by atoms with E-state index in [1.54, 1.807) is 12.1 Å². The zero-order chi connectivity index (χ0) is 14.9. The molecule has 1 aliphatic heterocycles. The fourth-order valence-corrected chi connectivity index (χ4v) is 3.71. The summed E-state index contributed by atoms with van der Waals surface area (Å²) in [5.41, 5.74) is 0.374. The van der Waals surface area contributed by atoms with Crippen LogP contribution in [0.3, 0.4) is 0 Å². The molecule has 0 N–H and O–H groups in total. The highest BCUT2D eigenvalue weighted by atomic mass is 79.9. The van der Waals surface area contributed by atoms with E-state index in [2.05, 4.69) is 22.9 Å². The molecule has 112 valence electrons. The molecule has 0 saturated carbocycles. The Bertz CT molecular complexity index is 579. The Morgan fingerprint density at radius 1 is 1.35 bits per heavy atom. The van der Waals surface area contributed by atoms with Crippen LogP contribution in [0.2, 0.25) is 0 Å². The number of benzene rings is 1. The molecule has 0 radical (unpaired) electrons. The largest absolute Gasteiger partial charge is 0.370 e. The number of sulfone groups is 1. The van der Waals surface area contributed by atoms with Gasteiger partial charge in [-0.05, 0) is 24.5 Å². The SMILES string of the molecule is CC1CN(c2ccccc2S(=O)(=O)C(F)F)CCC1Br. The summed E-state index contributed by atoms with van der Waals surface area (Å²) in [5, 5.41) is 0. The molecule has 1 aromatic rings. The summed E-state index contributed by atoms with van der Waals surface area (Å²) in [6, 6.07) is 5.99. The van der Waals surface area contributed by atoms with Crippen LogP contribution in [0.15, 0.2) is 29.2 Å². The maximum atomic E-state index is 12.8. The van der Waals surface area contributed by atoms with Gasteiger partial charge in [-0.3, -0.25) is 0 Å². The normalized spacial score (nSPS) is 24.1. The van der Waals surface area contributed by atoms with Crippen molar-refractivity contribution < 1.29 is 17.2 Å². The zero-order valence-corrected chi connectivity index (χ0v) is 13.4. The second kappa shape index (κ2) is 5.97. The Morgan fingerprint density at radius 2 is 2.00 bits per heavy atom. The van der Waals surface area contributed by atoms with E-state index in [-0.39, 0.29) is 4.90 Å². The van der Waals surface area contributed by atoms with Crippen molar-refractivity contribution in [1.29, 1.82) is 0 Å². The average Bonchev–Trinajstić information content (AvgIpc) is 2.41. The lowest BCUT2D eigenvalue weighted by molar-refractivity contribution is 0.234. The first-order valence-corrected chi connectivity index (χ1v) is 8.80. The molecule has 2 rings (SSSR count). The second-order valence-corrected chi connectivity index (χ2v) is 8.06. The third-order valence-electron chi connectivity index (χ3n) is 3.55. The van der Waals surface area contributed by atoms with Gasteiger partial charge in [0.25, 0.3) is 0 Å². The Kier molecular flexibility index (Phi) is 4.69. The maximum absolute atomic E-state index is 12.8. The van der Waals surface area contributed by atoms with Crippen molar-refractivity contribution in [3.63, 3.8) is 0 Å². The van der Waals surface area contributed by atoms with Gasteiger partial charge in [0.2, 0.25) is 9.84 Å². The van der Waals surface area contributed by atoms with Crippen LogP contribution in [0, 0.1) is 5.92 Å². The number of hydrogen-bond acceptors (Lipinski definition) is 3. The van der Waals surface area contributed by atoms with E-state index in [4.69, 9.17) is 0 Å². The van der Waals surface area contributed by atoms with Crippen LogP contribution in [0.4, 0.5) is 14.5 Å². The van der Waals surface area contributed by atoms with Gasteiger partial charge in [-0.1, -0.05) is 35.0 Å². The van der Waals surface area contributed by atoms with Crippen molar-refractivity contribution >= 4 is 31.5 Å². The van der Waals surface area contributed by atoms with E-state index in [9.17, 15) is 17.2 Å². The third-order valence-corrected chi connectivity index (χ3v) is 6.34. The predicted octanol–water partition coefficient (Wildman–Crippen LogP) is 3.29. The zero-order valence-electron chi connectivity index (χ0n) is 11.0. The first kappa shape index (κ1) is 15.7. The smallest absolute Gasteiger partial charge is 0.341 e. The molecule has 0 aromatic heterocycles. The Hall–Kier alpha value is -0.690. The van der Waals surface area contributed by atoms with Crippen molar-refractivity contribution in [2.24, 2.45) is 5.92 Å². The maximum Gasteiger partial charge on any atom is 0.341 e. The van der Waals surface area contributed by atoms with Gasteiger partial charge in [0.15, 0.2) is 0 Å². The van der Waals surface area contributed by atoms with Crippen molar-refractivity contribution in [3.05, 3.63) is 24.3 Å². The summed E-state index contributed by atoms with van der Waals surface area (Å²) in [6.45, 7) is 3.34. The van der Waals surface area contributed by atoms with Crippen LogP contribution in [0.1, 0.15) is 13.3 Å². The van der Waals surface area contributed by atoms with Crippen LogP contribution in [0.5, 0.6) is 0 Å². The molecule has 2 unspecified atom stereocenters. The number of rotatable bonds is 3. The lowest BCUT2D eigenvalue weighted by Gasteiger charge is -2.36. The van der Waals surface area contributed by atoms with Crippen molar-refractivity contribution in [2.75, 3.05) is 18.0 Å². The molecule has 1 aromatic carbocycles. The lowest BCUT2D eigenvalue weighted by atomic mass is 9.99. The van der Waals surface area contributed by atoms with Gasteiger partial charge in [0.05, 0.1) is 10.6 Å². The van der Waals surface area contributed by atoms with Crippen molar-refractivity contribution in [3.8, 4) is 0 Å². The quantitative estimate of drug-likeness (QED) is 0.769. The Morgan fingerprint density at radius 3 is 2.60 bits per heavy atom. The molecular formula is C13H16BrF2NO2S. The summed E-state index contributed by atoms with van der Waals surface area (Å²) < 4.78 is 49.1. The molecule has 0 bridgehead atoms. The van der Waals surface area contributed by atoms with E-state index in [1.807, 2.05) is 4.90 Å². The standard InChI is InChI=1S/C13H16BrF2NO2S/c1-9-8-17(7-6-10(9)14)11-4-2-3-5-12(11)20(18,19)13(15)16/h2-5,9-10,13H,6-8H2,1H3. The first-order valence-electron chi connectivity index (χ1n) is 6.34. The van der Waals surface area contributed by atoms with Gasteiger partial charge in [0, 0.05) is 17.9 Å². The topological polar surface area (TPSA) is 37.4 Å². The first-order chi connectivity index (χ1) is 9.34. The van der Waals surface area contributed by atoms with Gasteiger partial charge in [-0.2, -0.15) is 8.78 Å². The summed E-state index contributed by atoms with van der Waals surface area (Å²) in [4.78, 5) is 1.96. The molecule has 1 heterocycles. The van der Waals surface area contributed by atoms with Gasteiger partial charge in [-0.15, -0.1) is 0 Å². The molecule has 0 spiro atoms. The number of halogens is 3. The van der Waals surface area contributed by atoms with E-state index < -0.39 is 15.6 Å². The third kappa shape index (κ3) is 2.98. The van der Waals surface area contributed by atoms with Crippen molar-refractivity contribution in [1.82, 2.24) is 0 Å². The van der Waals surface area contributed by atoms with Crippen LogP contribution >= 0.6 is 15.9 Å². The van der Waals surface area contributed by atoms with Crippen LogP contribution in [-0.2, 0) is 9.84 Å². The molecule has 20 heavy (non-hydrogen) atoms. The highest BCUT2D eigenvalue weighted by molar-refractivity contribution is 9.09. The molecule has 0 aliphatic carbocycles. The molecule has 3 nitrogen and oxygen atoms in total. The van der Waals surface area contributed by atoms with E-state index in [0.29, 0.717) is 29.5 Å². The predicted molar refractivity (Wildman–Crippen MR) is 78.3 cm³/mol. The van der Waals surface area contributed by atoms with Gasteiger partial charge >= 0.3 is 5.76 Å². The number of anilines is 1. The Labute approximate surface area is 126 Å². The Balaban J connectivity index is 2.39. The number of nitrogens with zero attached hydrogens (tertiary/aromatic N) is 1. The fraction of sp³-hybridized carbons (Fsp3) is 0.538. The summed E-state index contributed by atoms with van der Waals surface area (Å²) >= 11 is 3.57. The minimum absolute atomic E-state index is 0.282. The highest BCUT2D eigenvalue weighted by Crippen LogP contribution is 2.33. The molecule has 1 saturated heterocycles. The number of hydrogen-bond donors (Lipinski definition) is 0. The van der Waals surface area contributed by atoms with Gasteiger partial charge in [-0.25, -0.2) is 8.42 Å². The number of para-hydroxylation sites is 1.